The standard InChI is InChI=1S/C29H33ClF5N3O3/c1-36(2)25(39)23-9-8-22(18-24(23)30)37-14-10-19(11-15-37)20-12-16-38(17-13-20)26(40)27(41,21-6-4-3-5-7-21)28(31,32)29(33,34)35/h3-9,18-20,41H,10-17H2,1-2H3/t27-/m1/s1. The molecule has 2 heterocycles. The molecule has 2 amide bonds. The summed E-state index contributed by atoms with van der Waals surface area (Å²) >= 11 is 6.37. The molecule has 0 radical (unpaired) electrons. The first-order valence-corrected chi connectivity index (χ1v) is 13.8. The van der Waals surface area contributed by atoms with Gasteiger partial charge in [-0.05, 0) is 61.3 Å². The minimum Gasteiger partial charge on any atom is -0.371 e. The van der Waals surface area contributed by atoms with E-state index in [1.807, 2.05) is 6.07 Å². The second kappa shape index (κ2) is 11.8. The molecular formula is C29H33ClF5N3O3. The fourth-order valence-electron chi connectivity index (χ4n) is 5.87. The SMILES string of the molecule is CN(C)C(=O)c1ccc(N2CCC(C3CCN(C(=O)[C@](O)(c4ccccc4)C(F)(F)C(F)(F)F)CC3)CC2)cc1Cl. The molecule has 0 bridgehead atoms. The maximum Gasteiger partial charge on any atom is 0.457 e. The highest BCUT2D eigenvalue weighted by atomic mass is 35.5. The van der Waals surface area contributed by atoms with E-state index in [4.69, 9.17) is 11.6 Å². The van der Waals surface area contributed by atoms with E-state index in [9.17, 15) is 36.6 Å². The molecule has 2 aliphatic rings. The first-order valence-electron chi connectivity index (χ1n) is 13.5. The normalized spacial score (nSPS) is 19.1. The number of nitrogens with zero attached hydrogens (tertiary/aromatic N) is 3. The van der Waals surface area contributed by atoms with E-state index >= 15 is 0 Å². The molecule has 0 saturated carbocycles. The maximum absolute atomic E-state index is 14.7. The predicted octanol–water partition coefficient (Wildman–Crippen LogP) is 5.58. The fraction of sp³-hybridized carbons (Fsp3) is 0.517. The largest absolute Gasteiger partial charge is 0.457 e. The molecule has 0 aliphatic carbocycles. The molecule has 1 N–H and O–H groups in total. The van der Waals surface area contributed by atoms with Crippen LogP contribution in [-0.4, -0.2) is 79.1 Å². The van der Waals surface area contributed by atoms with Gasteiger partial charge in [0.05, 0.1) is 10.6 Å². The van der Waals surface area contributed by atoms with Crippen molar-refractivity contribution in [2.75, 3.05) is 45.2 Å². The molecule has 2 aromatic carbocycles. The molecule has 0 unspecified atom stereocenters. The smallest absolute Gasteiger partial charge is 0.371 e. The minimum atomic E-state index is -6.13. The van der Waals surface area contributed by atoms with E-state index < -0.39 is 29.2 Å². The topological polar surface area (TPSA) is 64.1 Å². The number of piperidine rings is 2. The summed E-state index contributed by atoms with van der Waals surface area (Å²) in [5, 5.41) is 11.2. The number of hydrogen-bond donors (Lipinski definition) is 1. The first-order chi connectivity index (χ1) is 19.2. The van der Waals surface area contributed by atoms with E-state index in [0.29, 0.717) is 23.4 Å². The summed E-state index contributed by atoms with van der Waals surface area (Å²) in [5.41, 5.74) is -3.56. The van der Waals surface area contributed by atoms with Crippen LogP contribution in [0, 0.1) is 11.8 Å². The molecular weight excluding hydrogens is 569 g/mol. The Bertz CT molecular complexity index is 1240. The number of carbonyl (C=O) groups is 2. The number of amides is 2. The average Bonchev–Trinajstić information content (AvgIpc) is 2.96. The molecule has 0 aromatic heterocycles. The Morgan fingerprint density at radius 3 is 1.90 bits per heavy atom. The van der Waals surface area contributed by atoms with Crippen LogP contribution in [0.4, 0.5) is 27.6 Å². The van der Waals surface area contributed by atoms with Gasteiger partial charge in [0, 0.05) is 46.0 Å². The molecule has 1 atom stereocenters. The van der Waals surface area contributed by atoms with Crippen molar-refractivity contribution >= 4 is 29.1 Å². The Balaban J connectivity index is 1.39. The number of anilines is 1. The highest BCUT2D eigenvalue weighted by Crippen LogP contribution is 2.49. The first kappa shape index (κ1) is 31.0. The van der Waals surface area contributed by atoms with E-state index in [1.165, 1.54) is 23.1 Å². The quantitative estimate of drug-likeness (QED) is 0.439. The van der Waals surface area contributed by atoms with Crippen molar-refractivity contribution in [3.8, 4) is 0 Å². The number of hydrogen-bond acceptors (Lipinski definition) is 4. The van der Waals surface area contributed by atoms with Gasteiger partial charge in [-0.2, -0.15) is 22.0 Å². The number of halogens is 6. The lowest BCUT2D eigenvalue weighted by atomic mass is 9.78. The molecule has 2 aliphatic heterocycles. The molecule has 224 valence electrons. The lowest BCUT2D eigenvalue weighted by molar-refractivity contribution is -0.339. The Morgan fingerprint density at radius 2 is 1.41 bits per heavy atom. The molecule has 2 fully saturated rings. The van der Waals surface area contributed by atoms with E-state index in [1.54, 1.807) is 26.2 Å². The van der Waals surface area contributed by atoms with Crippen molar-refractivity contribution < 1.29 is 36.6 Å². The Kier molecular flexibility index (Phi) is 8.90. The second-order valence-corrected chi connectivity index (χ2v) is 11.4. The summed E-state index contributed by atoms with van der Waals surface area (Å²) in [6.07, 6.45) is -3.60. The van der Waals surface area contributed by atoms with Crippen molar-refractivity contribution in [1.29, 1.82) is 0 Å². The third-order valence-corrected chi connectivity index (χ3v) is 8.61. The lowest BCUT2D eigenvalue weighted by Gasteiger charge is -2.43. The van der Waals surface area contributed by atoms with Crippen molar-refractivity contribution in [2.24, 2.45) is 11.8 Å². The van der Waals surface area contributed by atoms with Gasteiger partial charge in [-0.25, -0.2) is 0 Å². The predicted molar refractivity (Wildman–Crippen MR) is 145 cm³/mol. The van der Waals surface area contributed by atoms with Crippen LogP contribution in [0.5, 0.6) is 0 Å². The van der Waals surface area contributed by atoms with E-state index in [0.717, 1.165) is 48.7 Å². The maximum atomic E-state index is 14.7. The van der Waals surface area contributed by atoms with Crippen LogP contribution in [0.2, 0.25) is 5.02 Å². The van der Waals surface area contributed by atoms with Crippen molar-refractivity contribution in [2.45, 2.75) is 43.4 Å². The van der Waals surface area contributed by atoms with Gasteiger partial charge >= 0.3 is 12.1 Å². The second-order valence-electron chi connectivity index (χ2n) is 11.0. The van der Waals surface area contributed by atoms with Gasteiger partial charge in [0.15, 0.2) is 0 Å². The molecule has 6 nitrogen and oxygen atoms in total. The van der Waals surface area contributed by atoms with Crippen LogP contribution in [0.1, 0.15) is 41.6 Å². The van der Waals surface area contributed by atoms with Crippen LogP contribution < -0.4 is 4.90 Å². The van der Waals surface area contributed by atoms with Gasteiger partial charge in [-0.3, -0.25) is 9.59 Å². The number of rotatable bonds is 6. The van der Waals surface area contributed by atoms with Crippen LogP contribution in [-0.2, 0) is 10.4 Å². The van der Waals surface area contributed by atoms with Gasteiger partial charge in [0.25, 0.3) is 11.8 Å². The molecule has 4 rings (SSSR count). The Labute approximate surface area is 240 Å². The molecule has 2 aromatic rings. The van der Waals surface area contributed by atoms with Crippen LogP contribution in [0.25, 0.3) is 0 Å². The number of carbonyl (C=O) groups excluding carboxylic acids is 2. The van der Waals surface area contributed by atoms with E-state index in [-0.39, 0.29) is 30.8 Å². The fourth-order valence-corrected chi connectivity index (χ4v) is 6.13. The van der Waals surface area contributed by atoms with Crippen molar-refractivity contribution in [3.63, 3.8) is 0 Å². The van der Waals surface area contributed by atoms with Gasteiger partial charge in [0.1, 0.15) is 0 Å². The summed E-state index contributed by atoms with van der Waals surface area (Å²) in [5.74, 6) is -7.07. The molecule has 2 saturated heterocycles. The average molecular weight is 602 g/mol. The highest BCUT2D eigenvalue weighted by Gasteiger charge is 2.74. The highest BCUT2D eigenvalue weighted by molar-refractivity contribution is 6.34. The van der Waals surface area contributed by atoms with Gasteiger partial charge in [-0.1, -0.05) is 41.9 Å². The summed E-state index contributed by atoms with van der Waals surface area (Å²) in [7, 11) is 3.30. The summed E-state index contributed by atoms with van der Waals surface area (Å²) in [4.78, 5) is 30.0. The van der Waals surface area contributed by atoms with E-state index in [2.05, 4.69) is 4.90 Å². The molecule has 0 spiro atoms. The number of likely N-dealkylation sites (tertiary alicyclic amines) is 1. The number of alkyl halides is 5. The van der Waals surface area contributed by atoms with Crippen LogP contribution in [0.3, 0.4) is 0 Å². The molecule has 41 heavy (non-hydrogen) atoms. The zero-order chi connectivity index (χ0) is 30.2. The summed E-state index contributed by atoms with van der Waals surface area (Å²) in [6, 6.07) is 10.9. The summed E-state index contributed by atoms with van der Waals surface area (Å²) in [6.45, 7) is 1.41. The van der Waals surface area contributed by atoms with Crippen LogP contribution in [0.15, 0.2) is 48.5 Å². The summed E-state index contributed by atoms with van der Waals surface area (Å²) < 4.78 is 69.6. The monoisotopic (exact) mass is 601 g/mol. The van der Waals surface area contributed by atoms with Crippen molar-refractivity contribution in [1.82, 2.24) is 9.80 Å². The minimum absolute atomic E-state index is 0.0240. The third-order valence-electron chi connectivity index (χ3n) is 8.30. The van der Waals surface area contributed by atoms with Gasteiger partial charge in [-0.15, -0.1) is 0 Å². The number of aliphatic hydroxyl groups is 1. The zero-order valence-corrected chi connectivity index (χ0v) is 23.6. The lowest BCUT2D eigenvalue weighted by Crippen LogP contribution is -2.63. The Morgan fingerprint density at radius 1 is 0.878 bits per heavy atom. The number of benzene rings is 2. The third kappa shape index (κ3) is 5.88. The van der Waals surface area contributed by atoms with Gasteiger partial charge < -0.3 is 19.8 Å². The van der Waals surface area contributed by atoms with Gasteiger partial charge in [0.2, 0.25) is 5.60 Å². The zero-order valence-electron chi connectivity index (χ0n) is 22.8. The van der Waals surface area contributed by atoms with Crippen LogP contribution >= 0.6 is 11.6 Å². The Hall–Kier alpha value is -2.92. The molecule has 12 heteroatoms. The van der Waals surface area contributed by atoms with Crippen molar-refractivity contribution in [3.05, 3.63) is 64.7 Å².